The largest absolute Gasteiger partial charge is 0.381 e. The van der Waals surface area contributed by atoms with Crippen LogP contribution >= 0.6 is 0 Å². The van der Waals surface area contributed by atoms with Crippen LogP contribution in [0.1, 0.15) is 47.0 Å². The summed E-state index contributed by atoms with van der Waals surface area (Å²) in [6.07, 6.45) is 3.31. The van der Waals surface area contributed by atoms with Crippen molar-refractivity contribution in [3.63, 3.8) is 0 Å². The molecule has 0 amide bonds. The molecule has 2 fully saturated rings. The number of nitrogens with two attached hydrogens (primary N) is 1. The van der Waals surface area contributed by atoms with Crippen LogP contribution in [0.2, 0.25) is 0 Å². The van der Waals surface area contributed by atoms with Crippen molar-refractivity contribution >= 4 is 0 Å². The van der Waals surface area contributed by atoms with E-state index in [-0.39, 0.29) is 16.7 Å². The highest BCUT2D eigenvalue weighted by atomic mass is 16.5. The van der Waals surface area contributed by atoms with E-state index in [9.17, 15) is 0 Å². The molecule has 0 aromatic carbocycles. The molecule has 2 heterocycles. The fourth-order valence-corrected chi connectivity index (χ4v) is 4.30. The van der Waals surface area contributed by atoms with Crippen LogP contribution in [0.15, 0.2) is 0 Å². The lowest BCUT2D eigenvalue weighted by atomic mass is 9.77. The van der Waals surface area contributed by atoms with Crippen molar-refractivity contribution in [2.75, 3.05) is 33.4 Å². The van der Waals surface area contributed by atoms with Crippen LogP contribution in [-0.4, -0.2) is 55.0 Å². The quantitative estimate of drug-likeness (QED) is 0.858. The average molecular weight is 284 g/mol. The van der Waals surface area contributed by atoms with Crippen LogP contribution in [-0.2, 0) is 9.47 Å². The van der Waals surface area contributed by atoms with E-state index in [1.54, 1.807) is 0 Å². The third kappa shape index (κ3) is 2.89. The van der Waals surface area contributed by atoms with E-state index in [2.05, 4.69) is 39.6 Å². The van der Waals surface area contributed by atoms with E-state index in [0.717, 1.165) is 44.9 Å². The molecule has 0 spiro atoms. The molecule has 20 heavy (non-hydrogen) atoms. The van der Waals surface area contributed by atoms with Crippen molar-refractivity contribution in [2.45, 2.75) is 63.7 Å². The molecule has 118 valence electrons. The highest BCUT2D eigenvalue weighted by Crippen LogP contribution is 2.47. The van der Waals surface area contributed by atoms with E-state index in [4.69, 9.17) is 15.2 Å². The molecule has 0 aromatic heterocycles. The second-order valence-corrected chi connectivity index (χ2v) is 7.72. The van der Waals surface area contributed by atoms with Gasteiger partial charge in [0.05, 0.1) is 16.7 Å². The lowest BCUT2D eigenvalue weighted by Gasteiger charge is -2.47. The number of hydrogen-bond acceptors (Lipinski definition) is 4. The highest BCUT2D eigenvalue weighted by Gasteiger charge is 2.58. The van der Waals surface area contributed by atoms with Crippen molar-refractivity contribution in [1.29, 1.82) is 0 Å². The Morgan fingerprint density at radius 1 is 1.15 bits per heavy atom. The Kier molecular flexibility index (Phi) is 4.51. The molecule has 0 bridgehead atoms. The summed E-state index contributed by atoms with van der Waals surface area (Å²) in [5.74, 6) is 0.719. The molecule has 2 saturated heterocycles. The topological polar surface area (TPSA) is 47.7 Å². The Hall–Kier alpha value is -0.160. The van der Waals surface area contributed by atoms with Gasteiger partial charge in [0.2, 0.25) is 0 Å². The number of hydrogen-bond donors (Lipinski definition) is 1. The fourth-order valence-electron chi connectivity index (χ4n) is 4.30. The number of rotatable bonds is 4. The van der Waals surface area contributed by atoms with Gasteiger partial charge < -0.3 is 15.2 Å². The summed E-state index contributed by atoms with van der Waals surface area (Å²) in [5, 5.41) is 0. The van der Waals surface area contributed by atoms with Gasteiger partial charge in [0.25, 0.3) is 0 Å². The van der Waals surface area contributed by atoms with Gasteiger partial charge in [0.15, 0.2) is 0 Å². The predicted molar refractivity (Wildman–Crippen MR) is 81.8 cm³/mol. The summed E-state index contributed by atoms with van der Waals surface area (Å²) >= 11 is 0. The van der Waals surface area contributed by atoms with E-state index in [1.165, 1.54) is 0 Å². The van der Waals surface area contributed by atoms with Gasteiger partial charge in [-0.15, -0.1) is 0 Å². The summed E-state index contributed by atoms with van der Waals surface area (Å²) in [4.78, 5) is 2.47. The highest BCUT2D eigenvalue weighted by molar-refractivity contribution is 5.12. The molecule has 4 heteroatoms. The fraction of sp³-hybridized carbons (Fsp3) is 1.00. The first kappa shape index (κ1) is 16.2. The van der Waals surface area contributed by atoms with Crippen LogP contribution in [0.25, 0.3) is 0 Å². The lowest BCUT2D eigenvalue weighted by molar-refractivity contribution is -0.103. The first-order valence-electron chi connectivity index (χ1n) is 7.92. The second kappa shape index (κ2) is 5.56. The molecule has 2 N–H and O–H groups in total. The molecule has 1 atom stereocenters. The van der Waals surface area contributed by atoms with Crippen LogP contribution in [0.4, 0.5) is 0 Å². The van der Waals surface area contributed by atoms with E-state index >= 15 is 0 Å². The van der Waals surface area contributed by atoms with E-state index in [0.29, 0.717) is 6.54 Å². The lowest BCUT2D eigenvalue weighted by Crippen LogP contribution is -2.63. The Balaban J connectivity index is 2.13. The SMILES string of the molecule is CN(CC1CCOCC1)C1(CN)CC(C)(C)OC1(C)C. The van der Waals surface area contributed by atoms with Crippen molar-refractivity contribution in [3.8, 4) is 0 Å². The third-order valence-electron chi connectivity index (χ3n) is 5.31. The Bertz CT molecular complexity index is 337. The minimum Gasteiger partial charge on any atom is -0.381 e. The van der Waals surface area contributed by atoms with E-state index < -0.39 is 0 Å². The summed E-state index contributed by atoms with van der Waals surface area (Å²) in [7, 11) is 2.22. The van der Waals surface area contributed by atoms with Crippen molar-refractivity contribution in [3.05, 3.63) is 0 Å². The zero-order valence-corrected chi connectivity index (χ0v) is 13.9. The zero-order chi connectivity index (χ0) is 15.0. The molecule has 1 unspecified atom stereocenters. The minimum absolute atomic E-state index is 0.0746. The average Bonchev–Trinajstić information content (AvgIpc) is 2.55. The van der Waals surface area contributed by atoms with Gasteiger partial charge in [-0.25, -0.2) is 0 Å². The van der Waals surface area contributed by atoms with Crippen molar-refractivity contribution in [2.24, 2.45) is 11.7 Å². The molecule has 2 rings (SSSR count). The molecular formula is C16H32N2O2. The predicted octanol–water partition coefficient (Wildman–Crippen LogP) is 2.02. The summed E-state index contributed by atoms with van der Waals surface area (Å²) < 4.78 is 11.8. The Morgan fingerprint density at radius 3 is 2.20 bits per heavy atom. The summed E-state index contributed by atoms with van der Waals surface area (Å²) in [6.45, 7) is 12.3. The maximum Gasteiger partial charge on any atom is 0.0829 e. The molecule has 4 nitrogen and oxygen atoms in total. The number of likely N-dealkylation sites (N-methyl/N-ethyl adjacent to an activating group) is 1. The van der Waals surface area contributed by atoms with Crippen LogP contribution in [0.5, 0.6) is 0 Å². The standard InChI is InChI=1S/C16H32N2O2/c1-14(2)11-16(12-17,15(3,4)20-14)18(5)10-13-6-8-19-9-7-13/h13H,6-12,17H2,1-5H3. The zero-order valence-electron chi connectivity index (χ0n) is 13.9. The van der Waals surface area contributed by atoms with Gasteiger partial charge in [0, 0.05) is 26.3 Å². The smallest absolute Gasteiger partial charge is 0.0829 e. The maximum absolute atomic E-state index is 6.31. The molecular weight excluding hydrogens is 252 g/mol. The molecule has 0 aromatic rings. The first-order chi connectivity index (χ1) is 9.22. The summed E-state index contributed by atoms with van der Waals surface area (Å²) in [6, 6.07) is 0. The molecule has 0 aliphatic carbocycles. The molecule has 2 aliphatic heterocycles. The normalized spacial score (nSPS) is 33.8. The third-order valence-corrected chi connectivity index (χ3v) is 5.31. The van der Waals surface area contributed by atoms with Gasteiger partial charge >= 0.3 is 0 Å². The minimum atomic E-state index is -0.217. The monoisotopic (exact) mass is 284 g/mol. The summed E-state index contributed by atoms with van der Waals surface area (Å²) in [5.41, 5.74) is 5.83. The van der Waals surface area contributed by atoms with Gasteiger partial charge in [-0.3, -0.25) is 4.90 Å². The Morgan fingerprint density at radius 2 is 1.75 bits per heavy atom. The van der Waals surface area contributed by atoms with Gasteiger partial charge in [-0.2, -0.15) is 0 Å². The molecule has 0 saturated carbocycles. The van der Waals surface area contributed by atoms with Crippen molar-refractivity contribution in [1.82, 2.24) is 4.90 Å². The first-order valence-corrected chi connectivity index (χ1v) is 7.92. The molecule has 0 radical (unpaired) electrons. The Labute approximate surface area is 124 Å². The van der Waals surface area contributed by atoms with Gasteiger partial charge in [-0.05, 0) is 59.9 Å². The van der Waals surface area contributed by atoms with Crippen LogP contribution < -0.4 is 5.73 Å². The second-order valence-electron chi connectivity index (χ2n) is 7.72. The van der Waals surface area contributed by atoms with Gasteiger partial charge in [0.1, 0.15) is 0 Å². The van der Waals surface area contributed by atoms with Crippen LogP contribution in [0, 0.1) is 5.92 Å². The van der Waals surface area contributed by atoms with E-state index in [1.807, 2.05) is 0 Å². The van der Waals surface area contributed by atoms with Crippen molar-refractivity contribution < 1.29 is 9.47 Å². The maximum atomic E-state index is 6.31. The number of ether oxygens (including phenoxy) is 2. The van der Waals surface area contributed by atoms with Crippen LogP contribution in [0.3, 0.4) is 0 Å². The van der Waals surface area contributed by atoms with Gasteiger partial charge in [-0.1, -0.05) is 0 Å². The molecule has 2 aliphatic rings. The number of nitrogens with zero attached hydrogens (tertiary/aromatic N) is 1.